The van der Waals surface area contributed by atoms with Gasteiger partial charge in [-0.3, -0.25) is 14.5 Å². The van der Waals surface area contributed by atoms with E-state index in [-0.39, 0.29) is 12.5 Å². The summed E-state index contributed by atoms with van der Waals surface area (Å²) in [6.07, 6.45) is 4.13. The summed E-state index contributed by atoms with van der Waals surface area (Å²) in [6, 6.07) is 6.57. The van der Waals surface area contributed by atoms with Gasteiger partial charge in [0.1, 0.15) is 17.8 Å². The number of nitrogens with zero attached hydrogens (tertiary/aromatic N) is 1. The average molecular weight is 413 g/mol. The first-order valence-corrected chi connectivity index (χ1v) is 10.5. The van der Waals surface area contributed by atoms with E-state index in [9.17, 15) is 14.4 Å². The number of para-hydroxylation sites is 1. The molecule has 8 heteroatoms. The molecule has 30 heavy (non-hydrogen) atoms. The standard InChI is InChI=1S/C22H27N3O5/c1-3-29-16-9-7-8-15-12-17(30-19(15)16)14(2)23-18(26)13-25-20(27)22(24-21(25)28)10-5-4-6-11-22/h7-9,12,14H,3-6,10-11,13H2,1-2H3,(H,23,26)(H,24,28). The summed E-state index contributed by atoms with van der Waals surface area (Å²) in [4.78, 5) is 38.8. The van der Waals surface area contributed by atoms with Crippen molar-refractivity contribution >= 4 is 28.8 Å². The molecule has 160 valence electrons. The van der Waals surface area contributed by atoms with Crippen LogP contribution in [0, 0.1) is 0 Å². The Morgan fingerprint density at radius 2 is 2.07 bits per heavy atom. The van der Waals surface area contributed by atoms with Crippen molar-refractivity contribution in [2.75, 3.05) is 13.2 Å². The third kappa shape index (κ3) is 3.62. The molecule has 1 unspecified atom stereocenters. The van der Waals surface area contributed by atoms with E-state index < -0.39 is 23.5 Å². The highest BCUT2D eigenvalue weighted by molar-refractivity contribution is 6.09. The number of carbonyl (C=O) groups is 3. The van der Waals surface area contributed by atoms with Crippen molar-refractivity contribution in [3.05, 3.63) is 30.0 Å². The van der Waals surface area contributed by atoms with Crippen LogP contribution in [0.2, 0.25) is 0 Å². The smallest absolute Gasteiger partial charge is 0.325 e. The fourth-order valence-electron chi connectivity index (χ4n) is 4.35. The molecule has 8 nitrogen and oxygen atoms in total. The minimum absolute atomic E-state index is 0.292. The van der Waals surface area contributed by atoms with Gasteiger partial charge in [-0.05, 0) is 38.8 Å². The summed E-state index contributed by atoms with van der Waals surface area (Å²) >= 11 is 0. The van der Waals surface area contributed by atoms with E-state index in [2.05, 4.69) is 10.6 Å². The number of carbonyl (C=O) groups excluding carboxylic acids is 3. The minimum atomic E-state index is -0.824. The molecule has 2 fully saturated rings. The van der Waals surface area contributed by atoms with E-state index in [0.29, 0.717) is 36.5 Å². The number of hydrogen-bond acceptors (Lipinski definition) is 5. The van der Waals surface area contributed by atoms with E-state index >= 15 is 0 Å². The maximum Gasteiger partial charge on any atom is 0.325 e. The number of ether oxygens (including phenoxy) is 1. The van der Waals surface area contributed by atoms with Crippen LogP contribution in [-0.4, -0.2) is 41.4 Å². The Labute approximate surface area is 174 Å². The van der Waals surface area contributed by atoms with E-state index in [0.717, 1.165) is 29.5 Å². The molecule has 2 heterocycles. The van der Waals surface area contributed by atoms with Crippen molar-refractivity contribution in [1.82, 2.24) is 15.5 Å². The molecular weight excluding hydrogens is 386 g/mol. The summed E-state index contributed by atoms with van der Waals surface area (Å²) in [5.41, 5.74) is -0.195. The fraction of sp³-hybridized carbons (Fsp3) is 0.500. The zero-order valence-electron chi connectivity index (χ0n) is 17.3. The molecule has 4 rings (SSSR count). The van der Waals surface area contributed by atoms with E-state index in [1.165, 1.54) is 0 Å². The molecule has 2 aliphatic rings. The molecule has 0 bridgehead atoms. The van der Waals surface area contributed by atoms with Gasteiger partial charge < -0.3 is 19.8 Å². The van der Waals surface area contributed by atoms with Gasteiger partial charge in [0, 0.05) is 5.39 Å². The Hall–Kier alpha value is -3.03. The lowest BCUT2D eigenvalue weighted by Crippen LogP contribution is -2.49. The highest BCUT2D eigenvalue weighted by Crippen LogP contribution is 2.34. The topological polar surface area (TPSA) is 101 Å². The lowest BCUT2D eigenvalue weighted by molar-refractivity contribution is -0.136. The molecular formula is C22H27N3O5. The summed E-state index contributed by atoms with van der Waals surface area (Å²) in [5, 5.41) is 6.52. The summed E-state index contributed by atoms with van der Waals surface area (Å²) < 4.78 is 11.5. The maximum atomic E-state index is 12.8. The first kappa shape index (κ1) is 20.3. The third-order valence-corrected chi connectivity index (χ3v) is 5.89. The monoisotopic (exact) mass is 413 g/mol. The fourth-order valence-corrected chi connectivity index (χ4v) is 4.35. The van der Waals surface area contributed by atoms with Crippen LogP contribution in [0.15, 0.2) is 28.7 Å². The second-order valence-electron chi connectivity index (χ2n) is 8.01. The van der Waals surface area contributed by atoms with Crippen LogP contribution in [0.1, 0.15) is 57.8 Å². The highest BCUT2D eigenvalue weighted by atomic mass is 16.5. The number of furan rings is 1. The second-order valence-corrected chi connectivity index (χ2v) is 8.01. The number of benzene rings is 1. The van der Waals surface area contributed by atoms with Crippen molar-refractivity contribution in [2.24, 2.45) is 0 Å². The zero-order chi connectivity index (χ0) is 21.3. The van der Waals surface area contributed by atoms with Gasteiger partial charge >= 0.3 is 6.03 Å². The molecule has 1 aliphatic heterocycles. The maximum absolute atomic E-state index is 12.8. The SMILES string of the molecule is CCOc1cccc2cc(C(C)NC(=O)CN3C(=O)NC4(CCCCC4)C3=O)oc12. The van der Waals surface area contributed by atoms with Gasteiger partial charge in [-0.15, -0.1) is 0 Å². The number of imide groups is 1. The normalized spacial score (nSPS) is 19.2. The Balaban J connectivity index is 1.43. The molecule has 1 atom stereocenters. The van der Waals surface area contributed by atoms with Gasteiger partial charge in [-0.1, -0.05) is 31.4 Å². The second kappa shape index (κ2) is 8.01. The lowest BCUT2D eigenvalue weighted by Gasteiger charge is -2.30. The Kier molecular flexibility index (Phi) is 5.40. The predicted molar refractivity (Wildman–Crippen MR) is 110 cm³/mol. The Morgan fingerprint density at radius 3 is 2.80 bits per heavy atom. The molecule has 1 saturated carbocycles. The molecule has 2 aromatic rings. The number of fused-ring (bicyclic) bond motifs is 1. The van der Waals surface area contributed by atoms with E-state index in [1.54, 1.807) is 6.92 Å². The van der Waals surface area contributed by atoms with Gasteiger partial charge in [0.15, 0.2) is 11.3 Å². The van der Waals surface area contributed by atoms with Crippen LogP contribution in [-0.2, 0) is 9.59 Å². The first-order chi connectivity index (χ1) is 14.4. The number of nitrogens with one attached hydrogen (secondary N) is 2. The molecule has 1 aromatic carbocycles. The zero-order valence-corrected chi connectivity index (χ0v) is 17.3. The minimum Gasteiger partial charge on any atom is -0.490 e. The highest BCUT2D eigenvalue weighted by Gasteiger charge is 2.51. The van der Waals surface area contributed by atoms with Crippen molar-refractivity contribution in [2.45, 2.75) is 57.5 Å². The molecule has 1 aliphatic carbocycles. The molecule has 1 saturated heterocycles. The number of hydrogen-bond donors (Lipinski definition) is 2. The number of amides is 4. The summed E-state index contributed by atoms with van der Waals surface area (Å²) in [5.74, 6) is 0.521. The predicted octanol–water partition coefficient (Wildman–Crippen LogP) is 3.26. The molecule has 4 amide bonds. The van der Waals surface area contributed by atoms with Gasteiger partial charge in [0.2, 0.25) is 5.91 Å². The molecule has 1 spiro atoms. The van der Waals surface area contributed by atoms with Crippen molar-refractivity contribution < 1.29 is 23.5 Å². The van der Waals surface area contributed by atoms with Crippen molar-refractivity contribution in [3.63, 3.8) is 0 Å². The average Bonchev–Trinajstić information content (AvgIpc) is 3.25. The van der Waals surface area contributed by atoms with Crippen LogP contribution in [0.5, 0.6) is 5.75 Å². The molecule has 1 aromatic heterocycles. The quantitative estimate of drug-likeness (QED) is 0.708. The van der Waals surface area contributed by atoms with Crippen LogP contribution in [0.4, 0.5) is 4.79 Å². The van der Waals surface area contributed by atoms with Crippen LogP contribution < -0.4 is 15.4 Å². The van der Waals surface area contributed by atoms with Crippen LogP contribution >= 0.6 is 0 Å². The lowest BCUT2D eigenvalue weighted by atomic mass is 9.82. The van der Waals surface area contributed by atoms with Crippen molar-refractivity contribution in [3.8, 4) is 5.75 Å². The number of rotatable bonds is 6. The molecule has 0 radical (unpaired) electrons. The van der Waals surface area contributed by atoms with Gasteiger partial charge in [-0.25, -0.2) is 4.79 Å². The van der Waals surface area contributed by atoms with Gasteiger partial charge in [-0.2, -0.15) is 0 Å². The summed E-state index contributed by atoms with van der Waals surface area (Å²) in [7, 11) is 0. The van der Waals surface area contributed by atoms with Gasteiger partial charge in [0.25, 0.3) is 5.91 Å². The van der Waals surface area contributed by atoms with Crippen molar-refractivity contribution in [1.29, 1.82) is 0 Å². The first-order valence-electron chi connectivity index (χ1n) is 10.5. The third-order valence-electron chi connectivity index (χ3n) is 5.89. The van der Waals surface area contributed by atoms with Crippen LogP contribution in [0.25, 0.3) is 11.0 Å². The largest absolute Gasteiger partial charge is 0.490 e. The van der Waals surface area contributed by atoms with E-state index in [4.69, 9.17) is 9.15 Å². The number of urea groups is 1. The summed E-state index contributed by atoms with van der Waals surface area (Å²) in [6.45, 7) is 3.92. The molecule has 2 N–H and O–H groups in total. The Morgan fingerprint density at radius 1 is 1.30 bits per heavy atom. The van der Waals surface area contributed by atoms with Gasteiger partial charge in [0.05, 0.1) is 12.6 Å². The van der Waals surface area contributed by atoms with E-state index in [1.807, 2.05) is 31.2 Å². The van der Waals surface area contributed by atoms with Crippen LogP contribution in [0.3, 0.4) is 0 Å². The Bertz CT molecular complexity index is 976.